The van der Waals surface area contributed by atoms with Crippen molar-refractivity contribution in [3.63, 3.8) is 0 Å². The van der Waals surface area contributed by atoms with Crippen LogP contribution in [0.5, 0.6) is 5.75 Å². The molecule has 0 radical (unpaired) electrons. The zero-order valence-electron chi connectivity index (χ0n) is 18.4. The van der Waals surface area contributed by atoms with E-state index >= 15 is 0 Å². The van der Waals surface area contributed by atoms with Crippen LogP contribution >= 0.6 is 0 Å². The molecule has 0 spiro atoms. The molecule has 1 aliphatic heterocycles. The van der Waals surface area contributed by atoms with Crippen molar-refractivity contribution >= 4 is 21.6 Å². The Morgan fingerprint density at radius 1 is 1.09 bits per heavy atom. The molecular weight excluding hydrogens is 443 g/mol. The summed E-state index contributed by atoms with van der Waals surface area (Å²) in [7, 11) is -2.58. The molecule has 0 saturated carbocycles. The minimum absolute atomic E-state index is 0.0659. The highest BCUT2D eigenvalue weighted by Crippen LogP contribution is 2.35. The smallest absolute Gasteiger partial charge is 0.268 e. The van der Waals surface area contributed by atoms with Gasteiger partial charge in [-0.1, -0.05) is 30.3 Å². The van der Waals surface area contributed by atoms with Crippen molar-refractivity contribution in [1.82, 2.24) is 5.32 Å². The number of carbonyl (C=O) groups is 1. The van der Waals surface area contributed by atoms with Gasteiger partial charge in [-0.3, -0.25) is 9.10 Å². The van der Waals surface area contributed by atoms with E-state index in [2.05, 4.69) is 5.32 Å². The van der Waals surface area contributed by atoms with Gasteiger partial charge in [0.05, 0.1) is 18.8 Å². The molecule has 1 atom stereocenters. The summed E-state index contributed by atoms with van der Waals surface area (Å²) < 4.78 is 47.2. The fourth-order valence-electron chi connectivity index (χ4n) is 4.00. The van der Waals surface area contributed by atoms with Gasteiger partial charge in [0.15, 0.2) is 0 Å². The largest absolute Gasteiger partial charge is 0.495 e. The first-order valence-electron chi connectivity index (χ1n) is 10.7. The predicted molar refractivity (Wildman–Crippen MR) is 125 cm³/mol. The Hall–Kier alpha value is -3.39. The molecule has 8 heteroatoms. The van der Waals surface area contributed by atoms with Crippen LogP contribution in [-0.2, 0) is 16.4 Å². The maximum atomic E-state index is 13.7. The molecule has 3 aromatic carbocycles. The van der Waals surface area contributed by atoms with Crippen molar-refractivity contribution in [1.29, 1.82) is 0 Å². The van der Waals surface area contributed by atoms with E-state index < -0.39 is 22.0 Å². The van der Waals surface area contributed by atoms with Crippen molar-refractivity contribution in [2.75, 3.05) is 18.0 Å². The predicted octanol–water partition coefficient (Wildman–Crippen LogP) is 4.47. The normalized spacial score (nSPS) is 14.3. The first kappa shape index (κ1) is 22.8. The minimum Gasteiger partial charge on any atom is -0.495 e. The lowest BCUT2D eigenvalue weighted by Crippen LogP contribution is -2.36. The number of benzene rings is 3. The van der Waals surface area contributed by atoms with Crippen LogP contribution in [0.1, 0.15) is 40.9 Å². The second kappa shape index (κ2) is 9.23. The van der Waals surface area contributed by atoms with Gasteiger partial charge >= 0.3 is 0 Å². The quantitative estimate of drug-likeness (QED) is 0.579. The molecule has 0 fully saturated rings. The van der Waals surface area contributed by atoms with Gasteiger partial charge in [-0.15, -0.1) is 0 Å². The number of fused-ring (bicyclic) bond motifs is 1. The average molecular weight is 469 g/mol. The zero-order chi connectivity index (χ0) is 23.6. The molecule has 1 N–H and O–H groups in total. The van der Waals surface area contributed by atoms with Gasteiger partial charge in [0.2, 0.25) is 0 Å². The summed E-state index contributed by atoms with van der Waals surface area (Å²) in [5.41, 5.74) is 2.53. The van der Waals surface area contributed by atoms with Gasteiger partial charge in [0, 0.05) is 12.1 Å². The summed E-state index contributed by atoms with van der Waals surface area (Å²) in [6.07, 6.45) is 1.51. The van der Waals surface area contributed by atoms with Gasteiger partial charge in [0.25, 0.3) is 15.9 Å². The highest BCUT2D eigenvalue weighted by Gasteiger charge is 2.32. The first-order valence-corrected chi connectivity index (χ1v) is 12.1. The van der Waals surface area contributed by atoms with E-state index in [1.807, 2.05) is 18.2 Å². The Morgan fingerprint density at radius 3 is 2.55 bits per heavy atom. The molecule has 1 heterocycles. The summed E-state index contributed by atoms with van der Waals surface area (Å²) in [4.78, 5) is 12.8. The lowest BCUT2D eigenvalue weighted by atomic mass is 10.0. The molecule has 0 saturated heterocycles. The van der Waals surface area contributed by atoms with Crippen LogP contribution in [0.15, 0.2) is 71.6 Å². The highest BCUT2D eigenvalue weighted by atomic mass is 32.2. The number of rotatable bonds is 6. The molecule has 4 rings (SSSR count). The number of para-hydroxylation sites is 1. The molecule has 0 bridgehead atoms. The minimum atomic E-state index is -3.97. The summed E-state index contributed by atoms with van der Waals surface area (Å²) >= 11 is 0. The number of nitrogens with zero attached hydrogens (tertiary/aromatic N) is 1. The first-order chi connectivity index (χ1) is 15.8. The van der Waals surface area contributed by atoms with E-state index in [0.717, 1.165) is 17.5 Å². The van der Waals surface area contributed by atoms with Gasteiger partial charge in [-0.05, 0) is 67.3 Å². The molecule has 1 amide bonds. The third-order valence-electron chi connectivity index (χ3n) is 5.78. The van der Waals surface area contributed by atoms with Gasteiger partial charge in [-0.25, -0.2) is 12.8 Å². The number of halogens is 1. The third-order valence-corrected chi connectivity index (χ3v) is 7.61. The molecule has 3 aromatic rings. The van der Waals surface area contributed by atoms with Crippen LogP contribution < -0.4 is 14.4 Å². The molecule has 33 heavy (non-hydrogen) atoms. The monoisotopic (exact) mass is 468 g/mol. The molecule has 6 nitrogen and oxygen atoms in total. The second-order valence-electron chi connectivity index (χ2n) is 7.92. The number of ether oxygens (including phenoxy) is 1. The number of anilines is 1. The van der Waals surface area contributed by atoms with E-state index in [9.17, 15) is 17.6 Å². The van der Waals surface area contributed by atoms with E-state index in [-0.39, 0.29) is 22.0 Å². The maximum Gasteiger partial charge on any atom is 0.268 e. The third kappa shape index (κ3) is 4.57. The Labute approximate surface area is 193 Å². The van der Waals surface area contributed by atoms with Crippen LogP contribution in [0, 0.1) is 5.82 Å². The van der Waals surface area contributed by atoms with Gasteiger partial charge in [-0.2, -0.15) is 0 Å². The lowest BCUT2D eigenvalue weighted by molar-refractivity contribution is 0.0939. The Morgan fingerprint density at radius 2 is 1.82 bits per heavy atom. The average Bonchev–Trinajstić information content (AvgIpc) is 2.83. The molecule has 0 aliphatic carbocycles. The Balaban J connectivity index is 1.66. The summed E-state index contributed by atoms with van der Waals surface area (Å²) in [5, 5.41) is 2.83. The fourth-order valence-corrected chi connectivity index (χ4v) is 5.73. The number of sulfonamides is 1. The topological polar surface area (TPSA) is 75.7 Å². The summed E-state index contributed by atoms with van der Waals surface area (Å²) in [5.74, 6) is -0.632. The van der Waals surface area contributed by atoms with Crippen LogP contribution in [0.2, 0.25) is 0 Å². The van der Waals surface area contributed by atoms with E-state index in [1.165, 1.54) is 41.7 Å². The Kier molecular flexibility index (Phi) is 6.37. The SMILES string of the molecule is COc1ccc(C(=O)NC(C)c2ccc(F)cc2)cc1S(=O)(=O)N1CCCc2ccccc21. The lowest BCUT2D eigenvalue weighted by Gasteiger charge is -2.31. The number of aryl methyl sites for hydroxylation is 1. The van der Waals surface area contributed by atoms with Gasteiger partial charge < -0.3 is 10.1 Å². The van der Waals surface area contributed by atoms with Crippen molar-refractivity contribution in [3.8, 4) is 5.75 Å². The number of carbonyl (C=O) groups excluding carboxylic acids is 1. The van der Waals surface area contributed by atoms with Crippen molar-refractivity contribution in [2.45, 2.75) is 30.7 Å². The number of methoxy groups -OCH3 is 1. The number of hydrogen-bond donors (Lipinski definition) is 1. The number of nitrogens with one attached hydrogen (secondary N) is 1. The van der Waals surface area contributed by atoms with Crippen LogP contribution in [-0.4, -0.2) is 28.0 Å². The van der Waals surface area contributed by atoms with Crippen LogP contribution in [0.25, 0.3) is 0 Å². The van der Waals surface area contributed by atoms with E-state index in [1.54, 1.807) is 25.1 Å². The molecular formula is C25H25FN2O4S. The highest BCUT2D eigenvalue weighted by molar-refractivity contribution is 7.93. The summed E-state index contributed by atoms with van der Waals surface area (Å²) in [6, 6.07) is 17.2. The van der Waals surface area contributed by atoms with Gasteiger partial charge in [0.1, 0.15) is 16.5 Å². The number of hydrogen-bond acceptors (Lipinski definition) is 4. The van der Waals surface area contributed by atoms with Crippen LogP contribution in [0.4, 0.5) is 10.1 Å². The van der Waals surface area contributed by atoms with Crippen molar-refractivity contribution in [3.05, 3.63) is 89.2 Å². The van der Waals surface area contributed by atoms with Crippen molar-refractivity contribution in [2.24, 2.45) is 0 Å². The zero-order valence-corrected chi connectivity index (χ0v) is 19.2. The Bertz CT molecular complexity index is 1280. The van der Waals surface area contributed by atoms with Crippen LogP contribution in [0.3, 0.4) is 0 Å². The summed E-state index contributed by atoms with van der Waals surface area (Å²) in [6.45, 7) is 2.12. The van der Waals surface area contributed by atoms with E-state index in [0.29, 0.717) is 18.7 Å². The number of amides is 1. The molecule has 1 aliphatic rings. The van der Waals surface area contributed by atoms with Crippen molar-refractivity contribution < 1.29 is 22.3 Å². The fraction of sp³-hybridized carbons (Fsp3) is 0.240. The molecule has 0 aromatic heterocycles. The maximum absolute atomic E-state index is 13.7. The van der Waals surface area contributed by atoms with E-state index in [4.69, 9.17) is 4.74 Å². The second-order valence-corrected chi connectivity index (χ2v) is 9.75. The standard InChI is InChI=1S/C25H25FN2O4S/c1-17(18-9-12-21(26)13-10-18)27-25(29)20-11-14-23(32-2)24(16-20)33(30,31)28-15-5-7-19-6-3-4-8-22(19)28/h3-4,6,8-14,16-17H,5,7,15H2,1-2H3,(H,27,29). The molecule has 172 valence electrons. The molecule has 1 unspecified atom stereocenters.